The van der Waals surface area contributed by atoms with Crippen LogP contribution in [0.5, 0.6) is 0 Å². The van der Waals surface area contributed by atoms with Crippen molar-refractivity contribution in [2.75, 3.05) is 0 Å². The molecule has 0 saturated heterocycles. The summed E-state index contributed by atoms with van der Waals surface area (Å²) in [5.74, 6) is -1.70. The predicted molar refractivity (Wildman–Crippen MR) is 49.9 cm³/mol. The van der Waals surface area contributed by atoms with Gasteiger partial charge >= 0.3 is 6.18 Å². The monoisotopic (exact) mass is 268 g/mol. The molecule has 0 N–H and O–H groups in total. The summed E-state index contributed by atoms with van der Waals surface area (Å²) in [7, 11) is 0. The molecule has 0 amide bonds. The minimum absolute atomic E-state index is 0.0719. The molecule has 1 aliphatic carbocycles. The summed E-state index contributed by atoms with van der Waals surface area (Å²) < 4.78 is 37.2. The number of carbonyl (C=O) groups excluding carboxylic acids is 1. The molecular weight excluding hydrogens is 261 g/mol. The SMILES string of the molecule is CC1(C(=O)C(F)(F)F)C=CC(Br)=CC1. The maximum absolute atomic E-state index is 12.2. The molecule has 0 aromatic rings. The third-order valence-electron chi connectivity index (χ3n) is 2.11. The number of hydrogen-bond acceptors (Lipinski definition) is 1. The Bertz CT molecular complexity index is 317. The predicted octanol–water partition coefficient (Wildman–Crippen LogP) is 3.36. The maximum atomic E-state index is 12.2. The van der Waals surface area contributed by atoms with Crippen LogP contribution in [0.15, 0.2) is 22.7 Å². The average molecular weight is 269 g/mol. The Labute approximate surface area is 87.8 Å². The van der Waals surface area contributed by atoms with Crippen LogP contribution in [0.3, 0.4) is 0 Å². The van der Waals surface area contributed by atoms with Crippen molar-refractivity contribution in [1.29, 1.82) is 0 Å². The van der Waals surface area contributed by atoms with E-state index in [0.29, 0.717) is 4.48 Å². The van der Waals surface area contributed by atoms with Crippen LogP contribution in [0.2, 0.25) is 0 Å². The highest BCUT2D eigenvalue weighted by Crippen LogP contribution is 2.37. The first-order chi connectivity index (χ1) is 6.26. The standard InChI is InChI=1S/C9H8BrF3O/c1-8(7(14)9(11,12)13)4-2-6(10)3-5-8/h2-4H,5H2,1H3. The lowest BCUT2D eigenvalue weighted by atomic mass is 9.79. The molecule has 5 heteroatoms. The van der Waals surface area contributed by atoms with E-state index in [4.69, 9.17) is 0 Å². The van der Waals surface area contributed by atoms with Crippen molar-refractivity contribution >= 4 is 21.7 Å². The van der Waals surface area contributed by atoms with Crippen molar-refractivity contribution in [2.24, 2.45) is 5.41 Å². The number of alkyl halides is 3. The molecule has 1 rings (SSSR count). The zero-order chi connectivity index (χ0) is 11.0. The molecular formula is C9H8BrF3O. The van der Waals surface area contributed by atoms with E-state index in [1.807, 2.05) is 0 Å². The van der Waals surface area contributed by atoms with Crippen LogP contribution in [0.25, 0.3) is 0 Å². The van der Waals surface area contributed by atoms with E-state index in [1.54, 1.807) is 6.08 Å². The normalized spacial score (nSPS) is 27.4. The van der Waals surface area contributed by atoms with Crippen molar-refractivity contribution in [2.45, 2.75) is 19.5 Å². The highest BCUT2D eigenvalue weighted by Gasteiger charge is 2.48. The number of Topliss-reactive ketones (excluding diaryl/α,β-unsaturated/α-hetero) is 1. The van der Waals surface area contributed by atoms with Gasteiger partial charge in [-0.3, -0.25) is 4.79 Å². The average Bonchev–Trinajstić information content (AvgIpc) is 2.08. The van der Waals surface area contributed by atoms with Crippen LogP contribution in [-0.4, -0.2) is 12.0 Å². The number of hydrogen-bond donors (Lipinski definition) is 0. The summed E-state index contributed by atoms with van der Waals surface area (Å²) in [6.07, 6.45) is -0.386. The lowest BCUT2D eigenvalue weighted by Gasteiger charge is -2.26. The van der Waals surface area contributed by atoms with E-state index >= 15 is 0 Å². The van der Waals surface area contributed by atoms with Gasteiger partial charge in [0, 0.05) is 4.48 Å². The Morgan fingerprint density at radius 2 is 2.14 bits per heavy atom. The fourth-order valence-corrected chi connectivity index (χ4v) is 1.50. The van der Waals surface area contributed by atoms with Crippen molar-refractivity contribution < 1.29 is 18.0 Å². The molecule has 1 nitrogen and oxygen atoms in total. The summed E-state index contributed by atoms with van der Waals surface area (Å²) in [6, 6.07) is 0. The van der Waals surface area contributed by atoms with E-state index in [-0.39, 0.29) is 6.42 Å². The van der Waals surface area contributed by atoms with E-state index in [0.717, 1.165) is 0 Å². The van der Waals surface area contributed by atoms with Crippen LogP contribution >= 0.6 is 15.9 Å². The van der Waals surface area contributed by atoms with Gasteiger partial charge in [-0.2, -0.15) is 13.2 Å². The van der Waals surface area contributed by atoms with Crippen LogP contribution in [0.1, 0.15) is 13.3 Å². The van der Waals surface area contributed by atoms with E-state index in [9.17, 15) is 18.0 Å². The topological polar surface area (TPSA) is 17.1 Å². The summed E-state index contributed by atoms with van der Waals surface area (Å²) in [6.45, 7) is 1.29. The van der Waals surface area contributed by atoms with Crippen molar-refractivity contribution in [3.8, 4) is 0 Å². The molecule has 0 aromatic heterocycles. The van der Waals surface area contributed by atoms with E-state index in [2.05, 4.69) is 15.9 Å². The summed E-state index contributed by atoms with van der Waals surface area (Å²) in [4.78, 5) is 11.0. The molecule has 0 spiro atoms. The van der Waals surface area contributed by atoms with Crippen LogP contribution in [0.4, 0.5) is 13.2 Å². The quantitative estimate of drug-likeness (QED) is 0.713. The first-order valence-electron chi connectivity index (χ1n) is 3.92. The summed E-state index contributed by atoms with van der Waals surface area (Å²) in [5.41, 5.74) is -1.45. The number of ketones is 1. The molecule has 0 bridgehead atoms. The fourth-order valence-electron chi connectivity index (χ4n) is 1.20. The largest absolute Gasteiger partial charge is 0.450 e. The molecule has 0 aromatic carbocycles. The second-order valence-electron chi connectivity index (χ2n) is 3.37. The third-order valence-corrected chi connectivity index (χ3v) is 2.70. The maximum Gasteiger partial charge on any atom is 0.450 e. The fraction of sp³-hybridized carbons (Fsp3) is 0.444. The van der Waals surface area contributed by atoms with Gasteiger partial charge in [-0.15, -0.1) is 0 Å². The van der Waals surface area contributed by atoms with Gasteiger partial charge in [0.25, 0.3) is 0 Å². The van der Waals surface area contributed by atoms with Crippen LogP contribution < -0.4 is 0 Å². The highest BCUT2D eigenvalue weighted by molar-refractivity contribution is 9.11. The lowest BCUT2D eigenvalue weighted by molar-refractivity contribution is -0.178. The molecule has 78 valence electrons. The molecule has 1 unspecified atom stereocenters. The molecule has 0 radical (unpaired) electrons. The van der Waals surface area contributed by atoms with Gasteiger partial charge in [0.15, 0.2) is 0 Å². The van der Waals surface area contributed by atoms with Gasteiger partial charge in [0.1, 0.15) is 0 Å². The van der Waals surface area contributed by atoms with Gasteiger partial charge in [-0.05, 0) is 13.3 Å². The van der Waals surface area contributed by atoms with Gasteiger partial charge in [0.05, 0.1) is 5.41 Å². The minimum atomic E-state index is -4.77. The Balaban J connectivity index is 2.90. The van der Waals surface area contributed by atoms with Crippen LogP contribution in [0, 0.1) is 5.41 Å². The first-order valence-corrected chi connectivity index (χ1v) is 4.71. The summed E-state index contributed by atoms with van der Waals surface area (Å²) >= 11 is 3.12. The smallest absolute Gasteiger partial charge is 0.289 e. The van der Waals surface area contributed by atoms with Gasteiger partial charge in [-0.1, -0.05) is 34.2 Å². The molecule has 14 heavy (non-hydrogen) atoms. The second kappa shape index (κ2) is 3.53. The minimum Gasteiger partial charge on any atom is -0.289 e. The highest BCUT2D eigenvalue weighted by atomic mass is 79.9. The van der Waals surface area contributed by atoms with Crippen LogP contribution in [-0.2, 0) is 4.79 Å². The van der Waals surface area contributed by atoms with Gasteiger partial charge in [0.2, 0.25) is 5.78 Å². The third kappa shape index (κ3) is 2.26. The Morgan fingerprint density at radius 3 is 2.50 bits per heavy atom. The Kier molecular flexibility index (Phi) is 2.90. The molecule has 0 heterocycles. The zero-order valence-corrected chi connectivity index (χ0v) is 8.95. The van der Waals surface area contributed by atoms with Crippen molar-refractivity contribution in [3.63, 3.8) is 0 Å². The van der Waals surface area contributed by atoms with E-state index in [1.165, 1.54) is 19.1 Å². The number of rotatable bonds is 1. The van der Waals surface area contributed by atoms with E-state index < -0.39 is 17.4 Å². The van der Waals surface area contributed by atoms with Gasteiger partial charge in [-0.25, -0.2) is 0 Å². The number of halogens is 4. The Hall–Kier alpha value is -0.580. The summed E-state index contributed by atoms with van der Waals surface area (Å²) in [5, 5.41) is 0. The zero-order valence-electron chi connectivity index (χ0n) is 7.36. The lowest BCUT2D eigenvalue weighted by Crippen LogP contribution is -2.37. The second-order valence-corrected chi connectivity index (χ2v) is 4.29. The molecule has 1 atom stereocenters. The number of carbonyl (C=O) groups is 1. The van der Waals surface area contributed by atoms with Crippen molar-refractivity contribution in [3.05, 3.63) is 22.7 Å². The number of allylic oxidation sites excluding steroid dienone is 4. The molecule has 1 aliphatic rings. The van der Waals surface area contributed by atoms with Gasteiger partial charge < -0.3 is 0 Å². The van der Waals surface area contributed by atoms with Crippen molar-refractivity contribution in [1.82, 2.24) is 0 Å². The molecule has 0 aliphatic heterocycles. The Morgan fingerprint density at radius 1 is 1.57 bits per heavy atom. The molecule has 0 fully saturated rings. The first kappa shape index (κ1) is 11.5. The molecule has 0 saturated carbocycles.